The highest BCUT2D eigenvalue weighted by Crippen LogP contribution is 2.44. The Morgan fingerprint density at radius 3 is 1.82 bits per heavy atom. The van der Waals surface area contributed by atoms with Crippen molar-refractivity contribution in [3.63, 3.8) is 0 Å². The van der Waals surface area contributed by atoms with E-state index in [0.717, 1.165) is 77.6 Å². The van der Waals surface area contributed by atoms with E-state index in [0.29, 0.717) is 0 Å². The molecule has 8 aromatic carbocycles. The van der Waals surface area contributed by atoms with E-state index in [-0.39, 0.29) is 0 Å². The molecular weight excluding hydrogens is 671 g/mol. The zero-order valence-corrected chi connectivity index (χ0v) is 29.6. The third-order valence-corrected chi connectivity index (χ3v) is 11.3. The second kappa shape index (κ2) is 11.5. The number of fused-ring (bicyclic) bond motifs is 10. The Balaban J connectivity index is 1.15. The molecule has 0 atom stereocenters. The fourth-order valence-corrected chi connectivity index (χ4v) is 8.92. The van der Waals surface area contributed by atoms with Crippen LogP contribution in [0.3, 0.4) is 0 Å². The molecule has 0 amide bonds. The normalized spacial score (nSPS) is 12.0. The summed E-state index contributed by atoms with van der Waals surface area (Å²) in [4.78, 5) is 5.36. The van der Waals surface area contributed by atoms with Crippen molar-refractivity contribution < 1.29 is 4.42 Å². The summed E-state index contributed by atoms with van der Waals surface area (Å²) in [6, 6.07) is 66.9. The lowest BCUT2D eigenvalue weighted by atomic mass is 9.98. The molecule has 0 spiro atoms. The minimum absolute atomic E-state index is 0.837. The van der Waals surface area contributed by atoms with E-state index in [9.17, 15) is 0 Å². The zero-order chi connectivity index (χ0) is 36.0. The second-order valence-electron chi connectivity index (χ2n) is 14.3. The molecular formula is C51H31N3O. The summed E-state index contributed by atoms with van der Waals surface area (Å²) >= 11 is 0. The van der Waals surface area contributed by atoms with Gasteiger partial charge >= 0.3 is 0 Å². The van der Waals surface area contributed by atoms with E-state index in [1.807, 2.05) is 6.07 Å². The minimum atomic E-state index is 0.837. The molecule has 256 valence electrons. The lowest BCUT2D eigenvalue weighted by Crippen LogP contribution is -1.96. The van der Waals surface area contributed by atoms with Crippen LogP contribution in [0.15, 0.2) is 192 Å². The predicted octanol–water partition coefficient (Wildman–Crippen LogP) is 13.7. The first-order valence-corrected chi connectivity index (χ1v) is 18.7. The molecule has 4 heteroatoms. The van der Waals surface area contributed by atoms with Gasteiger partial charge in [0.15, 0.2) is 5.58 Å². The van der Waals surface area contributed by atoms with Gasteiger partial charge in [0.05, 0.1) is 39.1 Å². The van der Waals surface area contributed by atoms with Gasteiger partial charge in [-0.05, 0) is 60.0 Å². The standard InChI is InChI=1S/C51H31N3O/c1-3-15-32(16-4-1)50-35-20-8-7-17-33(35)29-42(52-50)38-23-14-28-48-49(38)39-24-13-27-45(51(39)55-48)54-44-26-12-10-22-37(44)41-30-40-36-21-9-11-25-43(36)53(46(40)31-47(41)54)34-18-5-2-6-19-34/h1-31H. The van der Waals surface area contributed by atoms with E-state index in [1.165, 1.54) is 32.6 Å². The number of aromatic nitrogens is 3. The van der Waals surface area contributed by atoms with Crippen LogP contribution in [-0.2, 0) is 0 Å². The third-order valence-electron chi connectivity index (χ3n) is 11.3. The third kappa shape index (κ3) is 4.37. The van der Waals surface area contributed by atoms with Crippen molar-refractivity contribution in [1.82, 2.24) is 14.1 Å². The van der Waals surface area contributed by atoms with Gasteiger partial charge in [-0.15, -0.1) is 0 Å². The van der Waals surface area contributed by atoms with Crippen molar-refractivity contribution in [3.05, 3.63) is 188 Å². The summed E-state index contributed by atoms with van der Waals surface area (Å²) in [5, 5.41) is 9.31. The van der Waals surface area contributed by atoms with E-state index in [2.05, 4.69) is 191 Å². The summed E-state index contributed by atoms with van der Waals surface area (Å²) in [5.41, 5.74) is 12.5. The van der Waals surface area contributed by atoms with Crippen molar-refractivity contribution >= 4 is 76.3 Å². The van der Waals surface area contributed by atoms with E-state index in [4.69, 9.17) is 9.40 Å². The van der Waals surface area contributed by atoms with Crippen LogP contribution in [-0.4, -0.2) is 14.1 Å². The highest BCUT2D eigenvalue weighted by Gasteiger charge is 2.22. The first kappa shape index (κ1) is 30.1. The van der Waals surface area contributed by atoms with Crippen LogP contribution >= 0.6 is 0 Å². The maximum atomic E-state index is 6.94. The number of para-hydroxylation sites is 4. The number of furan rings is 1. The van der Waals surface area contributed by atoms with Crippen molar-refractivity contribution in [3.8, 4) is 33.9 Å². The number of hydrogen-bond donors (Lipinski definition) is 0. The lowest BCUT2D eigenvalue weighted by Gasteiger charge is -2.11. The van der Waals surface area contributed by atoms with Gasteiger partial charge in [-0.25, -0.2) is 4.98 Å². The molecule has 4 heterocycles. The smallest absolute Gasteiger partial charge is 0.159 e. The second-order valence-corrected chi connectivity index (χ2v) is 14.3. The van der Waals surface area contributed by atoms with Crippen molar-refractivity contribution in [2.24, 2.45) is 0 Å². The first-order chi connectivity index (χ1) is 27.3. The summed E-state index contributed by atoms with van der Waals surface area (Å²) in [7, 11) is 0. The minimum Gasteiger partial charge on any atom is -0.454 e. The SMILES string of the molecule is c1ccc(-c2nc(-c3cccc4oc5c(-n6c7ccccc7c7cc8c9ccccc9n(-c9ccccc9)c8cc76)cccc5c34)cc3ccccc23)cc1. The van der Waals surface area contributed by atoms with Gasteiger partial charge < -0.3 is 13.6 Å². The van der Waals surface area contributed by atoms with Crippen LogP contribution in [0.5, 0.6) is 0 Å². The zero-order valence-electron chi connectivity index (χ0n) is 29.6. The van der Waals surface area contributed by atoms with E-state index in [1.54, 1.807) is 0 Å². The average Bonchev–Trinajstić information content (AvgIpc) is 3.90. The molecule has 0 aliphatic carbocycles. The Bertz CT molecular complexity index is 3480. The molecule has 0 saturated heterocycles. The molecule has 0 radical (unpaired) electrons. The number of benzene rings is 8. The highest BCUT2D eigenvalue weighted by molar-refractivity contribution is 6.20. The van der Waals surface area contributed by atoms with Gasteiger partial charge in [0.25, 0.3) is 0 Å². The summed E-state index contributed by atoms with van der Waals surface area (Å²) < 4.78 is 11.7. The molecule has 55 heavy (non-hydrogen) atoms. The van der Waals surface area contributed by atoms with Crippen LogP contribution in [0.25, 0.3) is 110 Å². The average molecular weight is 702 g/mol. The molecule has 0 aliphatic rings. The number of nitrogens with zero attached hydrogens (tertiary/aromatic N) is 3. The van der Waals surface area contributed by atoms with Crippen molar-refractivity contribution in [1.29, 1.82) is 0 Å². The molecule has 4 nitrogen and oxygen atoms in total. The van der Waals surface area contributed by atoms with Crippen LogP contribution in [0.1, 0.15) is 0 Å². The van der Waals surface area contributed by atoms with E-state index >= 15 is 0 Å². The van der Waals surface area contributed by atoms with Crippen molar-refractivity contribution in [2.45, 2.75) is 0 Å². The van der Waals surface area contributed by atoms with Gasteiger partial charge in [-0.3, -0.25) is 0 Å². The molecule has 12 rings (SSSR count). The maximum absolute atomic E-state index is 6.94. The van der Waals surface area contributed by atoms with Gasteiger partial charge in [0, 0.05) is 54.5 Å². The Hall–Kier alpha value is -7.43. The molecule has 12 aromatic rings. The first-order valence-electron chi connectivity index (χ1n) is 18.7. The predicted molar refractivity (Wildman–Crippen MR) is 229 cm³/mol. The summed E-state index contributed by atoms with van der Waals surface area (Å²) in [6.07, 6.45) is 0. The van der Waals surface area contributed by atoms with Crippen molar-refractivity contribution in [2.75, 3.05) is 0 Å². The quantitative estimate of drug-likeness (QED) is 0.183. The fraction of sp³-hybridized carbons (Fsp3) is 0. The molecule has 0 fully saturated rings. The topological polar surface area (TPSA) is 35.9 Å². The summed E-state index contributed by atoms with van der Waals surface area (Å²) in [6.45, 7) is 0. The Kier molecular flexibility index (Phi) is 6.31. The Morgan fingerprint density at radius 2 is 1.04 bits per heavy atom. The van der Waals surface area contributed by atoms with Crippen LogP contribution in [0, 0.1) is 0 Å². The molecule has 0 N–H and O–H groups in total. The summed E-state index contributed by atoms with van der Waals surface area (Å²) in [5.74, 6) is 0. The largest absolute Gasteiger partial charge is 0.454 e. The monoisotopic (exact) mass is 701 g/mol. The molecule has 0 aliphatic heterocycles. The Morgan fingerprint density at radius 1 is 0.418 bits per heavy atom. The molecule has 0 unspecified atom stereocenters. The number of rotatable bonds is 4. The van der Waals surface area contributed by atoms with Crippen LogP contribution < -0.4 is 0 Å². The number of pyridine rings is 1. The highest BCUT2D eigenvalue weighted by atomic mass is 16.3. The van der Waals surface area contributed by atoms with Gasteiger partial charge in [0.1, 0.15) is 5.58 Å². The van der Waals surface area contributed by atoms with Gasteiger partial charge in [0.2, 0.25) is 0 Å². The van der Waals surface area contributed by atoms with Gasteiger partial charge in [-0.1, -0.05) is 133 Å². The maximum Gasteiger partial charge on any atom is 0.159 e. The molecule has 0 saturated carbocycles. The van der Waals surface area contributed by atoms with E-state index < -0.39 is 0 Å². The lowest BCUT2D eigenvalue weighted by molar-refractivity contribution is 0.666. The fourth-order valence-electron chi connectivity index (χ4n) is 8.92. The van der Waals surface area contributed by atoms with Gasteiger partial charge in [-0.2, -0.15) is 0 Å². The van der Waals surface area contributed by atoms with Crippen LogP contribution in [0.4, 0.5) is 0 Å². The molecule has 0 bridgehead atoms. The Labute approximate surface area is 315 Å². The number of hydrogen-bond acceptors (Lipinski definition) is 2. The molecule has 4 aromatic heterocycles. The van der Waals surface area contributed by atoms with Crippen LogP contribution in [0.2, 0.25) is 0 Å².